The van der Waals surface area contributed by atoms with Crippen LogP contribution < -0.4 is 10.1 Å². The highest BCUT2D eigenvalue weighted by molar-refractivity contribution is 6.30. The summed E-state index contributed by atoms with van der Waals surface area (Å²) in [5.74, 6) is 0.845. The van der Waals surface area contributed by atoms with Crippen LogP contribution in [0.15, 0.2) is 84.9 Å². The Kier molecular flexibility index (Phi) is 5.50. The summed E-state index contributed by atoms with van der Waals surface area (Å²) in [6.45, 7) is 3.25. The summed E-state index contributed by atoms with van der Waals surface area (Å²) in [4.78, 5) is 0. The quantitative estimate of drug-likeness (QED) is 0.384. The normalized spacial score (nSPS) is 10.8. The molecule has 0 aliphatic carbocycles. The number of hydrogen-bond donors (Lipinski definition) is 1. The molecule has 4 aromatic rings. The van der Waals surface area contributed by atoms with Crippen LogP contribution >= 0.6 is 11.6 Å². The van der Waals surface area contributed by atoms with E-state index >= 15 is 0 Å². The number of aryl methyl sites for hydroxylation is 1. The minimum atomic E-state index is 0.514. The number of rotatable bonds is 6. The Morgan fingerprint density at radius 1 is 0.821 bits per heavy atom. The van der Waals surface area contributed by atoms with Gasteiger partial charge in [0.15, 0.2) is 0 Å². The van der Waals surface area contributed by atoms with E-state index in [0.29, 0.717) is 18.2 Å². The Balaban J connectivity index is 1.53. The Labute approximate surface area is 170 Å². The van der Waals surface area contributed by atoms with Crippen LogP contribution in [0.5, 0.6) is 5.75 Å². The summed E-state index contributed by atoms with van der Waals surface area (Å²) in [6, 6.07) is 28.8. The zero-order valence-electron chi connectivity index (χ0n) is 15.8. The Hall–Kier alpha value is -2.97. The van der Waals surface area contributed by atoms with Gasteiger partial charge in [-0.15, -0.1) is 0 Å². The molecule has 28 heavy (non-hydrogen) atoms. The van der Waals surface area contributed by atoms with Gasteiger partial charge in [-0.1, -0.05) is 66.2 Å². The first-order chi connectivity index (χ1) is 13.7. The van der Waals surface area contributed by atoms with E-state index in [0.717, 1.165) is 17.0 Å². The second-order valence-electron chi connectivity index (χ2n) is 6.90. The molecule has 0 radical (unpaired) electrons. The van der Waals surface area contributed by atoms with Crippen LogP contribution in [-0.2, 0) is 13.2 Å². The molecule has 4 aromatic carbocycles. The first kappa shape index (κ1) is 18.4. The lowest BCUT2D eigenvalue weighted by Crippen LogP contribution is -2.04. The lowest BCUT2D eigenvalue weighted by molar-refractivity contribution is 0.305. The molecule has 0 aromatic heterocycles. The summed E-state index contributed by atoms with van der Waals surface area (Å²) in [5.41, 5.74) is 4.52. The predicted octanol–water partition coefficient (Wildman–Crippen LogP) is 6.99. The largest absolute Gasteiger partial charge is 0.489 e. The molecule has 0 amide bonds. The monoisotopic (exact) mass is 387 g/mol. The summed E-state index contributed by atoms with van der Waals surface area (Å²) in [5, 5.41) is 6.61. The third-order valence-corrected chi connectivity index (χ3v) is 5.02. The molecule has 0 bridgehead atoms. The van der Waals surface area contributed by atoms with E-state index in [2.05, 4.69) is 72.9 Å². The predicted molar refractivity (Wildman–Crippen MR) is 118 cm³/mol. The lowest BCUT2D eigenvalue weighted by Gasteiger charge is -2.15. The number of fused-ring (bicyclic) bond motifs is 1. The second kappa shape index (κ2) is 8.37. The van der Waals surface area contributed by atoms with Gasteiger partial charge in [-0.25, -0.2) is 0 Å². The number of halogens is 1. The first-order valence-corrected chi connectivity index (χ1v) is 9.75. The third kappa shape index (κ3) is 4.29. The molecule has 1 N–H and O–H groups in total. The van der Waals surface area contributed by atoms with E-state index in [1.54, 1.807) is 0 Å². The van der Waals surface area contributed by atoms with Gasteiger partial charge in [0.1, 0.15) is 12.4 Å². The van der Waals surface area contributed by atoms with Crippen LogP contribution in [0.1, 0.15) is 16.7 Å². The van der Waals surface area contributed by atoms with E-state index in [1.807, 2.05) is 24.3 Å². The number of benzene rings is 4. The van der Waals surface area contributed by atoms with Gasteiger partial charge in [0.25, 0.3) is 0 Å². The van der Waals surface area contributed by atoms with Gasteiger partial charge < -0.3 is 10.1 Å². The van der Waals surface area contributed by atoms with Crippen molar-refractivity contribution in [2.75, 3.05) is 5.32 Å². The van der Waals surface area contributed by atoms with Crippen LogP contribution in [0, 0.1) is 6.92 Å². The molecule has 0 fully saturated rings. The van der Waals surface area contributed by atoms with E-state index in [-0.39, 0.29) is 0 Å². The van der Waals surface area contributed by atoms with E-state index in [9.17, 15) is 0 Å². The van der Waals surface area contributed by atoms with Crippen molar-refractivity contribution < 1.29 is 4.74 Å². The highest BCUT2D eigenvalue weighted by atomic mass is 35.5. The van der Waals surface area contributed by atoms with Gasteiger partial charge in [0.2, 0.25) is 0 Å². The smallest absolute Gasteiger partial charge is 0.124 e. The molecule has 0 unspecified atom stereocenters. The molecule has 0 saturated heterocycles. The van der Waals surface area contributed by atoms with E-state index in [1.165, 1.54) is 21.9 Å². The Morgan fingerprint density at radius 3 is 2.54 bits per heavy atom. The maximum absolute atomic E-state index is 6.24. The number of anilines is 1. The van der Waals surface area contributed by atoms with Crippen LogP contribution in [0.3, 0.4) is 0 Å². The highest BCUT2D eigenvalue weighted by Gasteiger charge is 2.07. The summed E-state index contributed by atoms with van der Waals surface area (Å²) in [6.07, 6.45) is 0. The molecule has 0 atom stereocenters. The van der Waals surface area contributed by atoms with Crippen molar-refractivity contribution in [3.8, 4) is 5.75 Å². The molecule has 140 valence electrons. The maximum Gasteiger partial charge on any atom is 0.124 e. The molecule has 4 rings (SSSR count). The van der Waals surface area contributed by atoms with Crippen LogP contribution in [0.25, 0.3) is 10.8 Å². The standard InChI is InChI=1S/C25H22ClNO/c1-18-6-4-10-23(14-18)27-16-21-15-22(26)12-13-25(21)28-17-20-9-5-8-19-7-2-3-11-24(19)20/h2-15,27H,16-17H2,1H3. The maximum atomic E-state index is 6.24. The van der Waals surface area contributed by atoms with Crippen molar-refractivity contribution in [3.63, 3.8) is 0 Å². The van der Waals surface area contributed by atoms with Gasteiger partial charge in [0.05, 0.1) is 0 Å². The van der Waals surface area contributed by atoms with Gasteiger partial charge in [-0.3, -0.25) is 0 Å². The van der Waals surface area contributed by atoms with Crippen LogP contribution in [-0.4, -0.2) is 0 Å². The molecule has 0 saturated carbocycles. The summed E-state index contributed by atoms with van der Waals surface area (Å²) in [7, 11) is 0. The molecular weight excluding hydrogens is 366 g/mol. The molecule has 0 aliphatic heterocycles. The average molecular weight is 388 g/mol. The number of ether oxygens (including phenoxy) is 1. The van der Waals surface area contributed by atoms with Crippen molar-refractivity contribution in [2.24, 2.45) is 0 Å². The van der Waals surface area contributed by atoms with Crippen LogP contribution in [0.2, 0.25) is 5.02 Å². The minimum Gasteiger partial charge on any atom is -0.489 e. The Morgan fingerprint density at radius 2 is 1.64 bits per heavy atom. The number of hydrogen-bond acceptors (Lipinski definition) is 2. The molecule has 0 heterocycles. The zero-order valence-corrected chi connectivity index (χ0v) is 16.5. The van der Waals surface area contributed by atoms with Crippen molar-refractivity contribution >= 4 is 28.1 Å². The van der Waals surface area contributed by atoms with Crippen molar-refractivity contribution in [2.45, 2.75) is 20.1 Å². The van der Waals surface area contributed by atoms with E-state index in [4.69, 9.17) is 16.3 Å². The molecule has 2 nitrogen and oxygen atoms in total. The second-order valence-corrected chi connectivity index (χ2v) is 7.34. The average Bonchev–Trinajstić information content (AvgIpc) is 2.71. The van der Waals surface area contributed by atoms with Gasteiger partial charge in [-0.2, -0.15) is 0 Å². The lowest BCUT2D eigenvalue weighted by atomic mass is 10.1. The third-order valence-electron chi connectivity index (χ3n) is 4.79. The van der Waals surface area contributed by atoms with Gasteiger partial charge in [0, 0.05) is 22.8 Å². The van der Waals surface area contributed by atoms with Crippen molar-refractivity contribution in [3.05, 3.63) is 107 Å². The van der Waals surface area contributed by atoms with Crippen molar-refractivity contribution in [1.82, 2.24) is 0 Å². The first-order valence-electron chi connectivity index (χ1n) is 9.37. The van der Waals surface area contributed by atoms with E-state index < -0.39 is 0 Å². The fourth-order valence-corrected chi connectivity index (χ4v) is 3.55. The minimum absolute atomic E-state index is 0.514. The van der Waals surface area contributed by atoms with Gasteiger partial charge >= 0.3 is 0 Å². The SMILES string of the molecule is Cc1cccc(NCc2cc(Cl)ccc2OCc2cccc3ccccc23)c1. The molecule has 0 spiro atoms. The fourth-order valence-electron chi connectivity index (χ4n) is 3.35. The number of nitrogens with one attached hydrogen (secondary N) is 1. The summed E-state index contributed by atoms with van der Waals surface area (Å²) >= 11 is 6.24. The summed E-state index contributed by atoms with van der Waals surface area (Å²) < 4.78 is 6.20. The zero-order chi connectivity index (χ0) is 19.3. The van der Waals surface area contributed by atoms with Gasteiger partial charge in [-0.05, 0) is 59.2 Å². The molecule has 0 aliphatic rings. The van der Waals surface area contributed by atoms with Crippen LogP contribution in [0.4, 0.5) is 5.69 Å². The molecule has 3 heteroatoms. The highest BCUT2D eigenvalue weighted by Crippen LogP contribution is 2.26. The molecular formula is C25H22ClNO. The topological polar surface area (TPSA) is 21.3 Å². The van der Waals surface area contributed by atoms with Crippen molar-refractivity contribution in [1.29, 1.82) is 0 Å². The Bertz CT molecular complexity index is 1100. The fraction of sp³-hybridized carbons (Fsp3) is 0.120.